The van der Waals surface area contributed by atoms with Gasteiger partial charge in [-0.05, 0) is 37.1 Å². The summed E-state index contributed by atoms with van der Waals surface area (Å²) in [5.41, 5.74) is 2.54. The van der Waals surface area contributed by atoms with Gasteiger partial charge in [0, 0.05) is 10.6 Å². The third-order valence-corrected chi connectivity index (χ3v) is 4.76. The van der Waals surface area contributed by atoms with Gasteiger partial charge in [-0.1, -0.05) is 30.3 Å². The van der Waals surface area contributed by atoms with Crippen LogP contribution < -0.4 is 10.6 Å². The molecule has 6 nitrogen and oxygen atoms in total. The maximum absolute atomic E-state index is 13.5. The lowest BCUT2D eigenvalue weighted by atomic mass is 10.1. The van der Waals surface area contributed by atoms with E-state index in [-0.39, 0.29) is 18.2 Å². The van der Waals surface area contributed by atoms with Crippen molar-refractivity contribution in [3.63, 3.8) is 0 Å². The van der Waals surface area contributed by atoms with Gasteiger partial charge in [-0.25, -0.2) is 4.39 Å². The summed E-state index contributed by atoms with van der Waals surface area (Å²) in [6, 6.07) is 11.7. The highest BCUT2D eigenvalue weighted by Crippen LogP contribution is 2.21. The lowest BCUT2D eigenvalue weighted by Crippen LogP contribution is -2.36. The second-order valence-electron chi connectivity index (χ2n) is 5.97. The summed E-state index contributed by atoms with van der Waals surface area (Å²) in [7, 11) is 0. The number of hydrogen-bond acceptors (Lipinski definition) is 5. The predicted molar refractivity (Wildman–Crippen MR) is 106 cm³/mol. The third-order valence-electron chi connectivity index (χ3n) is 3.74. The van der Waals surface area contributed by atoms with Gasteiger partial charge in [0.15, 0.2) is 6.61 Å². The maximum atomic E-state index is 13.5. The zero-order valence-corrected chi connectivity index (χ0v) is 16.4. The highest BCUT2D eigenvalue weighted by atomic mass is 32.2. The SMILES string of the molecule is Cc1cccc(C)c1NC(=O)CNC(=O)COC(=O)CSc1ccccc1F. The predicted octanol–water partition coefficient (Wildman–Crippen LogP) is 2.83. The van der Waals surface area contributed by atoms with Crippen LogP contribution in [0.25, 0.3) is 0 Å². The second kappa shape index (κ2) is 10.5. The van der Waals surface area contributed by atoms with Crippen LogP contribution in [-0.2, 0) is 19.1 Å². The van der Waals surface area contributed by atoms with E-state index in [2.05, 4.69) is 10.6 Å². The number of esters is 1. The number of ether oxygens (including phenoxy) is 1. The Morgan fingerprint density at radius 1 is 1.00 bits per heavy atom. The molecule has 0 aliphatic carbocycles. The third kappa shape index (κ3) is 6.70. The van der Waals surface area contributed by atoms with E-state index >= 15 is 0 Å². The Hall–Kier alpha value is -2.87. The molecule has 0 bridgehead atoms. The molecule has 8 heteroatoms. The topological polar surface area (TPSA) is 84.5 Å². The van der Waals surface area contributed by atoms with Gasteiger partial charge < -0.3 is 15.4 Å². The van der Waals surface area contributed by atoms with Crippen molar-refractivity contribution in [1.29, 1.82) is 0 Å². The van der Waals surface area contributed by atoms with E-state index in [0.717, 1.165) is 22.9 Å². The van der Waals surface area contributed by atoms with Gasteiger partial charge in [-0.2, -0.15) is 0 Å². The lowest BCUT2D eigenvalue weighted by molar-refractivity contribution is -0.146. The smallest absolute Gasteiger partial charge is 0.316 e. The van der Waals surface area contributed by atoms with Gasteiger partial charge >= 0.3 is 5.97 Å². The van der Waals surface area contributed by atoms with Crippen LogP contribution >= 0.6 is 11.8 Å². The molecule has 0 heterocycles. The van der Waals surface area contributed by atoms with Crippen molar-refractivity contribution in [2.45, 2.75) is 18.7 Å². The van der Waals surface area contributed by atoms with Crippen LogP contribution in [0.2, 0.25) is 0 Å². The Balaban J connectivity index is 1.68. The molecular weight excluding hydrogens is 383 g/mol. The van der Waals surface area contributed by atoms with Crippen LogP contribution in [0.5, 0.6) is 0 Å². The average molecular weight is 404 g/mol. The highest BCUT2D eigenvalue weighted by molar-refractivity contribution is 8.00. The van der Waals surface area contributed by atoms with Crippen molar-refractivity contribution in [3.8, 4) is 0 Å². The van der Waals surface area contributed by atoms with Crippen LogP contribution in [-0.4, -0.2) is 36.7 Å². The Kier molecular flexibility index (Phi) is 8.01. The molecule has 0 aromatic heterocycles. The van der Waals surface area contributed by atoms with Crippen molar-refractivity contribution in [2.75, 3.05) is 24.2 Å². The van der Waals surface area contributed by atoms with E-state index in [0.29, 0.717) is 10.6 Å². The summed E-state index contributed by atoms with van der Waals surface area (Å²) in [5, 5.41) is 5.13. The number of amides is 2. The molecule has 2 amide bonds. The molecule has 0 fully saturated rings. The van der Waals surface area contributed by atoms with Gasteiger partial charge in [-0.3, -0.25) is 14.4 Å². The molecule has 2 aromatic carbocycles. The van der Waals surface area contributed by atoms with Crippen LogP contribution in [0, 0.1) is 19.7 Å². The van der Waals surface area contributed by atoms with Gasteiger partial charge in [0.2, 0.25) is 5.91 Å². The zero-order valence-electron chi connectivity index (χ0n) is 15.6. The molecule has 0 aliphatic heterocycles. The van der Waals surface area contributed by atoms with E-state index in [1.54, 1.807) is 18.2 Å². The minimum atomic E-state index is -0.650. The van der Waals surface area contributed by atoms with Crippen LogP contribution in [0.1, 0.15) is 11.1 Å². The molecule has 0 atom stereocenters. The normalized spacial score (nSPS) is 10.2. The number of anilines is 1. The Morgan fingerprint density at radius 2 is 1.68 bits per heavy atom. The van der Waals surface area contributed by atoms with E-state index in [1.165, 1.54) is 6.07 Å². The number of benzene rings is 2. The number of nitrogens with one attached hydrogen (secondary N) is 2. The van der Waals surface area contributed by atoms with E-state index < -0.39 is 24.3 Å². The molecule has 0 saturated carbocycles. The fraction of sp³-hybridized carbons (Fsp3) is 0.250. The zero-order chi connectivity index (χ0) is 20.5. The van der Waals surface area contributed by atoms with Gasteiger partial charge in [-0.15, -0.1) is 11.8 Å². The number of carbonyl (C=O) groups is 3. The molecule has 0 saturated heterocycles. The molecule has 0 aliphatic rings. The molecule has 0 spiro atoms. The van der Waals surface area contributed by atoms with E-state index in [4.69, 9.17) is 4.74 Å². The summed E-state index contributed by atoms with van der Waals surface area (Å²) < 4.78 is 18.3. The van der Waals surface area contributed by atoms with Crippen LogP contribution in [0.4, 0.5) is 10.1 Å². The summed E-state index contributed by atoms with van der Waals surface area (Å²) in [4.78, 5) is 35.7. The maximum Gasteiger partial charge on any atom is 0.316 e. The van der Waals surface area contributed by atoms with Gasteiger partial charge in [0.1, 0.15) is 5.82 Å². The standard InChI is InChI=1S/C20H21FN2O4S/c1-13-6-5-7-14(2)20(13)23-17(24)10-22-18(25)11-27-19(26)12-28-16-9-4-3-8-15(16)21/h3-9H,10-12H2,1-2H3,(H,22,25)(H,23,24). The van der Waals surface area contributed by atoms with Crippen molar-refractivity contribution < 1.29 is 23.5 Å². The first-order chi connectivity index (χ1) is 13.4. The highest BCUT2D eigenvalue weighted by Gasteiger charge is 2.12. The van der Waals surface area contributed by atoms with Crippen LogP contribution in [0.3, 0.4) is 0 Å². The molecule has 2 N–H and O–H groups in total. The van der Waals surface area contributed by atoms with Crippen molar-refractivity contribution >= 4 is 35.2 Å². The lowest BCUT2D eigenvalue weighted by Gasteiger charge is -2.12. The first-order valence-electron chi connectivity index (χ1n) is 8.52. The largest absolute Gasteiger partial charge is 0.455 e. The molecule has 2 rings (SSSR count). The molecule has 0 radical (unpaired) electrons. The monoisotopic (exact) mass is 404 g/mol. The number of halogens is 1. The Labute approximate surface area is 166 Å². The van der Waals surface area contributed by atoms with E-state index in [9.17, 15) is 18.8 Å². The minimum Gasteiger partial charge on any atom is -0.455 e. The molecular formula is C20H21FN2O4S. The number of rotatable bonds is 8. The molecule has 2 aromatic rings. The number of thioether (sulfide) groups is 1. The summed E-state index contributed by atoms with van der Waals surface area (Å²) in [6.07, 6.45) is 0. The first-order valence-corrected chi connectivity index (χ1v) is 9.51. The fourth-order valence-electron chi connectivity index (χ4n) is 2.31. The second-order valence-corrected chi connectivity index (χ2v) is 6.99. The van der Waals surface area contributed by atoms with Crippen LogP contribution in [0.15, 0.2) is 47.4 Å². The van der Waals surface area contributed by atoms with Crippen molar-refractivity contribution in [1.82, 2.24) is 5.32 Å². The molecule has 28 heavy (non-hydrogen) atoms. The Bertz CT molecular complexity index is 853. The average Bonchev–Trinajstić information content (AvgIpc) is 2.67. The summed E-state index contributed by atoms with van der Waals surface area (Å²) in [6.45, 7) is 3.00. The first kappa shape index (κ1) is 21.4. The number of aryl methyl sites for hydroxylation is 2. The van der Waals surface area contributed by atoms with Gasteiger partial charge in [0.05, 0.1) is 12.3 Å². The summed E-state index contributed by atoms with van der Waals surface area (Å²) >= 11 is 0.984. The number of hydrogen-bond donors (Lipinski definition) is 2. The molecule has 0 unspecified atom stereocenters. The van der Waals surface area contributed by atoms with Crippen molar-refractivity contribution in [3.05, 3.63) is 59.4 Å². The number of carbonyl (C=O) groups excluding carboxylic acids is 3. The fourth-order valence-corrected chi connectivity index (χ4v) is 3.05. The van der Waals surface area contributed by atoms with Gasteiger partial charge in [0.25, 0.3) is 5.91 Å². The summed E-state index contributed by atoms with van der Waals surface area (Å²) in [5.74, 6) is -2.18. The number of para-hydroxylation sites is 1. The van der Waals surface area contributed by atoms with Crippen molar-refractivity contribution in [2.24, 2.45) is 0 Å². The molecule has 148 valence electrons. The van der Waals surface area contributed by atoms with E-state index in [1.807, 2.05) is 32.0 Å². The minimum absolute atomic E-state index is 0.124. The quantitative estimate of drug-likeness (QED) is 0.522. The Morgan fingerprint density at radius 3 is 2.36 bits per heavy atom.